The Hall–Kier alpha value is -1.89. The number of nitrogens with zero attached hydrogens (tertiary/aromatic N) is 2. The lowest BCUT2D eigenvalue weighted by Crippen LogP contribution is -2.31. The van der Waals surface area contributed by atoms with Crippen LogP contribution < -0.4 is 5.32 Å². The van der Waals surface area contributed by atoms with Crippen LogP contribution in [0.4, 0.5) is 0 Å². The summed E-state index contributed by atoms with van der Waals surface area (Å²) in [6.07, 6.45) is 1.62. The van der Waals surface area contributed by atoms with Crippen LogP contribution in [0, 0.1) is 18.3 Å². The van der Waals surface area contributed by atoms with Crippen molar-refractivity contribution in [2.24, 2.45) is 0 Å². The van der Waals surface area contributed by atoms with Crippen molar-refractivity contribution in [3.8, 4) is 6.07 Å². The van der Waals surface area contributed by atoms with Crippen LogP contribution in [0.1, 0.15) is 23.0 Å². The first-order chi connectivity index (χ1) is 6.65. The highest BCUT2D eigenvalue weighted by Gasteiger charge is 2.10. The van der Waals surface area contributed by atoms with Gasteiger partial charge in [-0.1, -0.05) is 0 Å². The van der Waals surface area contributed by atoms with Gasteiger partial charge in [0.1, 0.15) is 6.04 Å². The average molecular weight is 189 g/mol. The summed E-state index contributed by atoms with van der Waals surface area (Å²) in [5.41, 5.74) is 1.17. The van der Waals surface area contributed by atoms with Gasteiger partial charge in [0, 0.05) is 11.9 Å². The van der Waals surface area contributed by atoms with E-state index < -0.39 is 6.04 Å². The first kappa shape index (κ1) is 10.2. The summed E-state index contributed by atoms with van der Waals surface area (Å²) in [4.78, 5) is 15.5. The minimum atomic E-state index is -0.484. The van der Waals surface area contributed by atoms with Crippen molar-refractivity contribution in [3.05, 3.63) is 29.6 Å². The van der Waals surface area contributed by atoms with Crippen molar-refractivity contribution >= 4 is 5.91 Å². The molecule has 1 heterocycles. The monoisotopic (exact) mass is 189 g/mol. The number of hydrogen-bond acceptors (Lipinski definition) is 3. The molecule has 0 aliphatic rings. The molecule has 0 aliphatic carbocycles. The Labute approximate surface area is 82.6 Å². The molecule has 1 aromatic rings. The summed E-state index contributed by atoms with van der Waals surface area (Å²) in [7, 11) is 0. The predicted molar refractivity (Wildman–Crippen MR) is 51.5 cm³/mol. The molecule has 1 atom stereocenters. The van der Waals surface area contributed by atoms with Gasteiger partial charge in [-0.25, -0.2) is 0 Å². The molecule has 72 valence electrons. The zero-order valence-electron chi connectivity index (χ0n) is 8.11. The zero-order chi connectivity index (χ0) is 10.6. The largest absolute Gasteiger partial charge is 0.336 e. The standard InChI is InChI=1S/C10H11N3O/c1-7(6-11)13-10(14)9-4-3-5-12-8(9)2/h3-5,7H,1-2H3,(H,13,14). The van der Waals surface area contributed by atoms with Gasteiger partial charge in [0.15, 0.2) is 0 Å². The van der Waals surface area contributed by atoms with Crippen LogP contribution in [0.15, 0.2) is 18.3 Å². The predicted octanol–water partition coefficient (Wildman–Crippen LogP) is 1.03. The van der Waals surface area contributed by atoms with Gasteiger partial charge in [-0.05, 0) is 26.0 Å². The molecule has 0 radical (unpaired) electrons. The minimum Gasteiger partial charge on any atom is -0.336 e. The average Bonchev–Trinajstić information content (AvgIpc) is 2.18. The molecule has 1 unspecified atom stereocenters. The fraction of sp³-hybridized carbons (Fsp3) is 0.300. The number of amides is 1. The molecule has 4 nitrogen and oxygen atoms in total. The smallest absolute Gasteiger partial charge is 0.254 e. The number of aromatic nitrogens is 1. The lowest BCUT2D eigenvalue weighted by atomic mass is 10.2. The molecule has 0 spiro atoms. The minimum absolute atomic E-state index is 0.260. The molecular weight excluding hydrogens is 178 g/mol. The summed E-state index contributed by atoms with van der Waals surface area (Å²) in [5.74, 6) is -0.260. The summed E-state index contributed by atoms with van der Waals surface area (Å²) >= 11 is 0. The maximum atomic E-state index is 11.5. The molecule has 0 aromatic carbocycles. The second-order valence-corrected chi connectivity index (χ2v) is 2.96. The van der Waals surface area contributed by atoms with Gasteiger partial charge in [-0.15, -0.1) is 0 Å². The lowest BCUT2D eigenvalue weighted by molar-refractivity contribution is 0.0947. The van der Waals surface area contributed by atoms with Gasteiger partial charge >= 0.3 is 0 Å². The Kier molecular flexibility index (Phi) is 3.19. The van der Waals surface area contributed by atoms with E-state index in [1.165, 1.54) is 0 Å². The number of nitrogens with one attached hydrogen (secondary N) is 1. The Morgan fingerprint density at radius 1 is 1.71 bits per heavy atom. The van der Waals surface area contributed by atoms with Crippen molar-refractivity contribution in [2.75, 3.05) is 0 Å². The first-order valence-corrected chi connectivity index (χ1v) is 4.27. The molecule has 0 fully saturated rings. The van der Waals surface area contributed by atoms with Crippen molar-refractivity contribution in [3.63, 3.8) is 0 Å². The number of carbonyl (C=O) groups is 1. The molecule has 0 bridgehead atoms. The van der Waals surface area contributed by atoms with Crippen LogP contribution in [0.5, 0.6) is 0 Å². The topological polar surface area (TPSA) is 65.8 Å². The van der Waals surface area contributed by atoms with Crippen molar-refractivity contribution in [1.29, 1.82) is 5.26 Å². The molecule has 14 heavy (non-hydrogen) atoms. The number of aryl methyl sites for hydroxylation is 1. The molecule has 0 saturated carbocycles. The number of pyridine rings is 1. The highest BCUT2D eigenvalue weighted by atomic mass is 16.1. The van der Waals surface area contributed by atoms with E-state index in [4.69, 9.17) is 5.26 Å². The second kappa shape index (κ2) is 4.38. The number of carbonyl (C=O) groups excluding carboxylic acids is 1. The SMILES string of the molecule is Cc1ncccc1C(=O)NC(C)C#N. The third-order valence-electron chi connectivity index (χ3n) is 1.79. The Morgan fingerprint density at radius 2 is 2.43 bits per heavy atom. The van der Waals surface area contributed by atoms with Gasteiger partial charge < -0.3 is 5.32 Å². The molecule has 1 N–H and O–H groups in total. The van der Waals surface area contributed by atoms with Crippen LogP contribution in [-0.2, 0) is 0 Å². The lowest BCUT2D eigenvalue weighted by Gasteiger charge is -2.07. The summed E-state index contributed by atoms with van der Waals surface area (Å²) in [6.45, 7) is 3.38. The van der Waals surface area contributed by atoms with Crippen LogP contribution in [0.25, 0.3) is 0 Å². The Balaban J connectivity index is 2.81. The molecule has 0 aliphatic heterocycles. The van der Waals surface area contributed by atoms with E-state index in [1.54, 1.807) is 32.2 Å². The van der Waals surface area contributed by atoms with E-state index in [0.717, 1.165) is 0 Å². The van der Waals surface area contributed by atoms with E-state index in [1.807, 2.05) is 6.07 Å². The van der Waals surface area contributed by atoms with Crippen LogP contribution in [-0.4, -0.2) is 16.9 Å². The summed E-state index contributed by atoms with van der Waals surface area (Å²) < 4.78 is 0. The van der Waals surface area contributed by atoms with Crippen molar-refractivity contribution in [2.45, 2.75) is 19.9 Å². The third kappa shape index (κ3) is 2.30. The van der Waals surface area contributed by atoms with Crippen LogP contribution >= 0.6 is 0 Å². The van der Waals surface area contributed by atoms with Gasteiger partial charge in [0.2, 0.25) is 0 Å². The van der Waals surface area contributed by atoms with Crippen molar-refractivity contribution in [1.82, 2.24) is 10.3 Å². The number of hydrogen-bond donors (Lipinski definition) is 1. The molecule has 1 rings (SSSR count). The molecule has 1 aromatic heterocycles. The first-order valence-electron chi connectivity index (χ1n) is 4.27. The zero-order valence-corrected chi connectivity index (χ0v) is 8.11. The van der Waals surface area contributed by atoms with Gasteiger partial charge in [-0.3, -0.25) is 9.78 Å². The van der Waals surface area contributed by atoms with Gasteiger partial charge in [0.25, 0.3) is 5.91 Å². The quantitative estimate of drug-likeness (QED) is 0.755. The van der Waals surface area contributed by atoms with E-state index in [9.17, 15) is 4.79 Å². The van der Waals surface area contributed by atoms with Crippen LogP contribution in [0.3, 0.4) is 0 Å². The number of nitriles is 1. The van der Waals surface area contributed by atoms with Crippen LogP contribution in [0.2, 0.25) is 0 Å². The molecule has 4 heteroatoms. The highest BCUT2D eigenvalue weighted by molar-refractivity contribution is 5.95. The maximum Gasteiger partial charge on any atom is 0.254 e. The Bertz CT molecular complexity index is 381. The normalized spacial score (nSPS) is 11.5. The molecular formula is C10H11N3O. The molecule has 1 amide bonds. The molecule has 0 saturated heterocycles. The van der Waals surface area contributed by atoms with Crippen molar-refractivity contribution < 1.29 is 4.79 Å². The summed E-state index contributed by atoms with van der Waals surface area (Å²) in [6, 6.07) is 4.82. The van der Waals surface area contributed by atoms with Gasteiger partial charge in [0.05, 0.1) is 11.6 Å². The number of rotatable bonds is 2. The third-order valence-corrected chi connectivity index (χ3v) is 1.79. The second-order valence-electron chi connectivity index (χ2n) is 2.96. The van der Waals surface area contributed by atoms with E-state index in [0.29, 0.717) is 11.3 Å². The fourth-order valence-electron chi connectivity index (χ4n) is 1.03. The highest BCUT2D eigenvalue weighted by Crippen LogP contribution is 2.03. The van der Waals surface area contributed by atoms with E-state index >= 15 is 0 Å². The van der Waals surface area contributed by atoms with E-state index in [2.05, 4.69) is 10.3 Å². The fourth-order valence-corrected chi connectivity index (χ4v) is 1.03. The summed E-state index contributed by atoms with van der Waals surface area (Å²) in [5, 5.41) is 11.1. The Morgan fingerprint density at radius 3 is 3.00 bits per heavy atom. The maximum absolute atomic E-state index is 11.5. The van der Waals surface area contributed by atoms with E-state index in [-0.39, 0.29) is 5.91 Å². The van der Waals surface area contributed by atoms with Gasteiger partial charge in [-0.2, -0.15) is 5.26 Å².